The molecule has 176 valence electrons. The van der Waals surface area contributed by atoms with Gasteiger partial charge in [0.1, 0.15) is 5.69 Å². The molecule has 1 aliphatic heterocycles. The van der Waals surface area contributed by atoms with Crippen LogP contribution in [-0.4, -0.2) is 79.1 Å². The van der Waals surface area contributed by atoms with Crippen LogP contribution in [0.1, 0.15) is 19.3 Å². The Bertz CT molecular complexity index is 1060. The molecule has 1 atom stereocenters. The maximum Gasteiger partial charge on any atom is 0.271 e. The Labute approximate surface area is 194 Å². The summed E-state index contributed by atoms with van der Waals surface area (Å²) in [6.45, 7) is 2.91. The number of hydrogen-bond acceptors (Lipinski definition) is 6. The smallest absolute Gasteiger partial charge is 0.271 e. The molecule has 2 aromatic rings. The van der Waals surface area contributed by atoms with Gasteiger partial charge in [-0.2, -0.15) is 0 Å². The highest BCUT2D eigenvalue weighted by atomic mass is 16.5. The number of methoxy groups -OCH3 is 1. The summed E-state index contributed by atoms with van der Waals surface area (Å²) in [6.07, 6.45) is 10.2. The van der Waals surface area contributed by atoms with E-state index < -0.39 is 0 Å². The van der Waals surface area contributed by atoms with Gasteiger partial charge in [0.05, 0.1) is 7.11 Å². The first kappa shape index (κ1) is 23.0. The number of anilines is 1. The zero-order chi connectivity index (χ0) is 23.4. The fourth-order valence-electron chi connectivity index (χ4n) is 4.24. The molecule has 2 aliphatic rings. The molecule has 8 heteroatoms. The number of carbonyl (C=O) groups is 1. The van der Waals surface area contributed by atoms with Crippen molar-refractivity contribution in [1.29, 1.82) is 0 Å². The number of aromatic nitrogens is 2. The van der Waals surface area contributed by atoms with Crippen molar-refractivity contribution >= 4 is 11.6 Å². The quantitative estimate of drug-likeness (QED) is 0.590. The van der Waals surface area contributed by atoms with Gasteiger partial charge in [-0.15, -0.1) is 0 Å². The molecule has 0 aromatic carbocycles. The number of amides is 1. The van der Waals surface area contributed by atoms with Crippen LogP contribution in [-0.2, 0) is 4.79 Å². The van der Waals surface area contributed by atoms with Crippen LogP contribution in [0.15, 0.2) is 47.5 Å². The van der Waals surface area contributed by atoms with Gasteiger partial charge in [0.2, 0.25) is 11.8 Å². The topological polar surface area (TPSA) is 81.8 Å². The first-order valence-corrected chi connectivity index (χ1v) is 11.5. The maximum atomic E-state index is 12.9. The highest BCUT2D eigenvalue weighted by Gasteiger charge is 2.34. The molecule has 1 saturated heterocycles. The molecule has 1 N–H and O–H groups in total. The van der Waals surface area contributed by atoms with Gasteiger partial charge < -0.3 is 24.4 Å². The van der Waals surface area contributed by atoms with Crippen LogP contribution >= 0.6 is 0 Å². The van der Waals surface area contributed by atoms with E-state index in [4.69, 9.17) is 4.74 Å². The molecule has 1 amide bonds. The minimum Gasteiger partial charge on any atom is -0.481 e. The van der Waals surface area contributed by atoms with Gasteiger partial charge in [0.15, 0.2) is 0 Å². The highest BCUT2D eigenvalue weighted by Crippen LogP contribution is 2.34. The number of carbonyl (C=O) groups excluding carboxylic acids is 1. The summed E-state index contributed by atoms with van der Waals surface area (Å²) in [4.78, 5) is 38.8. The fraction of sp³-hybridized carbons (Fsp3) is 0.480. The van der Waals surface area contributed by atoms with Crippen LogP contribution in [0, 0.1) is 5.92 Å². The lowest BCUT2D eigenvalue weighted by molar-refractivity contribution is -0.125. The standard InChI is InChI=1S/C25H33N5O3/c1-28(2)11-4-5-24(31)29-12-9-21(17-29)30(16-18-6-7-18)22-13-20(15-27-25(22)32)19-8-10-26-23(14-19)33-3/h4-5,8,10,13-15,18,21H,6-7,9,11-12,16-17H2,1-3H3,(H,27,32)/b5-4+/t21-/m0/s1. The van der Waals surface area contributed by atoms with Crippen LogP contribution < -0.4 is 15.2 Å². The third kappa shape index (κ3) is 5.82. The number of H-pyrrole nitrogens is 1. The van der Waals surface area contributed by atoms with E-state index in [0.717, 1.165) is 30.6 Å². The molecule has 0 spiro atoms. The van der Waals surface area contributed by atoms with Crippen LogP contribution in [0.4, 0.5) is 5.69 Å². The first-order chi connectivity index (χ1) is 15.9. The summed E-state index contributed by atoms with van der Waals surface area (Å²) >= 11 is 0. The van der Waals surface area contributed by atoms with E-state index in [-0.39, 0.29) is 17.5 Å². The number of hydrogen-bond donors (Lipinski definition) is 1. The minimum absolute atomic E-state index is 0.0391. The fourth-order valence-corrected chi connectivity index (χ4v) is 4.24. The van der Waals surface area contributed by atoms with Gasteiger partial charge in [0, 0.05) is 62.3 Å². The summed E-state index contributed by atoms with van der Waals surface area (Å²) < 4.78 is 5.26. The molecular formula is C25H33N5O3. The second kappa shape index (κ2) is 10.2. The lowest BCUT2D eigenvalue weighted by Gasteiger charge is -2.31. The Kier molecular flexibility index (Phi) is 7.13. The van der Waals surface area contributed by atoms with Crippen molar-refractivity contribution in [3.8, 4) is 17.0 Å². The number of aromatic amines is 1. The summed E-state index contributed by atoms with van der Waals surface area (Å²) in [7, 11) is 5.54. The van der Waals surface area contributed by atoms with Crippen molar-refractivity contribution in [2.75, 3.05) is 52.3 Å². The van der Waals surface area contributed by atoms with Gasteiger partial charge in [-0.05, 0) is 57.0 Å². The SMILES string of the molecule is COc1cc(-c2c[nH]c(=O)c(N(CC3CC3)[C@H]3CCN(C(=O)/C=C/CN(C)C)C3)c2)ccn1. The lowest BCUT2D eigenvalue weighted by atomic mass is 10.1. The van der Waals surface area contributed by atoms with E-state index in [1.54, 1.807) is 25.6 Å². The monoisotopic (exact) mass is 451 g/mol. The van der Waals surface area contributed by atoms with Crippen LogP contribution in [0.3, 0.4) is 0 Å². The first-order valence-electron chi connectivity index (χ1n) is 11.5. The van der Waals surface area contributed by atoms with Crippen molar-refractivity contribution in [2.45, 2.75) is 25.3 Å². The molecule has 2 fully saturated rings. The number of ether oxygens (including phenoxy) is 1. The van der Waals surface area contributed by atoms with E-state index in [0.29, 0.717) is 30.6 Å². The maximum absolute atomic E-state index is 12.9. The zero-order valence-electron chi connectivity index (χ0n) is 19.7. The summed E-state index contributed by atoms with van der Waals surface area (Å²) in [5.41, 5.74) is 2.40. The van der Waals surface area contributed by atoms with Crippen LogP contribution in [0.2, 0.25) is 0 Å². The Hall–Kier alpha value is -3.13. The van der Waals surface area contributed by atoms with Gasteiger partial charge in [0.25, 0.3) is 5.56 Å². The normalized spacial score (nSPS) is 18.3. The van der Waals surface area contributed by atoms with E-state index in [1.165, 1.54) is 12.8 Å². The average molecular weight is 452 g/mol. The molecule has 3 heterocycles. The molecule has 0 bridgehead atoms. The number of nitrogens with zero attached hydrogens (tertiary/aromatic N) is 4. The molecular weight excluding hydrogens is 418 g/mol. The number of likely N-dealkylation sites (N-methyl/N-ethyl adjacent to an activating group) is 1. The Morgan fingerprint density at radius 1 is 1.27 bits per heavy atom. The molecule has 8 nitrogen and oxygen atoms in total. The van der Waals surface area contributed by atoms with Crippen molar-refractivity contribution < 1.29 is 9.53 Å². The Morgan fingerprint density at radius 3 is 2.82 bits per heavy atom. The summed E-state index contributed by atoms with van der Waals surface area (Å²) in [6, 6.07) is 5.84. The second-order valence-corrected chi connectivity index (χ2v) is 9.18. The predicted octanol–water partition coefficient (Wildman–Crippen LogP) is 2.38. The van der Waals surface area contributed by atoms with Crippen molar-refractivity contribution in [2.24, 2.45) is 5.92 Å². The van der Waals surface area contributed by atoms with Crippen LogP contribution in [0.5, 0.6) is 5.88 Å². The second-order valence-electron chi connectivity index (χ2n) is 9.18. The van der Waals surface area contributed by atoms with Crippen molar-refractivity contribution in [1.82, 2.24) is 19.8 Å². The lowest BCUT2D eigenvalue weighted by Crippen LogP contribution is -2.42. The van der Waals surface area contributed by atoms with Gasteiger partial charge in [-0.3, -0.25) is 9.59 Å². The molecule has 1 saturated carbocycles. The molecule has 1 aliphatic carbocycles. The van der Waals surface area contributed by atoms with Crippen molar-refractivity contribution in [3.63, 3.8) is 0 Å². The summed E-state index contributed by atoms with van der Waals surface area (Å²) in [5.74, 6) is 1.18. The third-order valence-electron chi connectivity index (χ3n) is 6.27. The van der Waals surface area contributed by atoms with Gasteiger partial charge >= 0.3 is 0 Å². The predicted molar refractivity (Wildman–Crippen MR) is 130 cm³/mol. The molecule has 2 aromatic heterocycles. The van der Waals surface area contributed by atoms with E-state index in [1.807, 2.05) is 48.2 Å². The van der Waals surface area contributed by atoms with E-state index in [2.05, 4.69) is 14.9 Å². The third-order valence-corrected chi connectivity index (χ3v) is 6.27. The average Bonchev–Trinajstić information content (AvgIpc) is 3.50. The van der Waals surface area contributed by atoms with Crippen molar-refractivity contribution in [3.05, 3.63) is 53.1 Å². The van der Waals surface area contributed by atoms with E-state index >= 15 is 0 Å². The molecule has 0 radical (unpaired) electrons. The number of pyridine rings is 2. The zero-order valence-corrected chi connectivity index (χ0v) is 19.7. The van der Waals surface area contributed by atoms with E-state index in [9.17, 15) is 9.59 Å². The number of nitrogens with one attached hydrogen (secondary N) is 1. The Balaban J connectivity index is 1.56. The number of likely N-dealkylation sites (tertiary alicyclic amines) is 1. The minimum atomic E-state index is -0.101. The highest BCUT2D eigenvalue weighted by molar-refractivity contribution is 5.88. The largest absolute Gasteiger partial charge is 0.481 e. The Morgan fingerprint density at radius 2 is 2.09 bits per heavy atom. The van der Waals surface area contributed by atoms with Gasteiger partial charge in [-0.1, -0.05) is 6.08 Å². The number of rotatable bonds is 9. The molecule has 33 heavy (non-hydrogen) atoms. The van der Waals surface area contributed by atoms with Crippen LogP contribution in [0.25, 0.3) is 11.1 Å². The molecule has 4 rings (SSSR count). The molecule has 0 unspecified atom stereocenters. The summed E-state index contributed by atoms with van der Waals surface area (Å²) in [5, 5.41) is 0. The van der Waals surface area contributed by atoms with Gasteiger partial charge in [-0.25, -0.2) is 4.98 Å².